The van der Waals surface area contributed by atoms with Gasteiger partial charge in [0.25, 0.3) is 0 Å². The van der Waals surface area contributed by atoms with E-state index in [0.717, 1.165) is 25.7 Å². The predicted molar refractivity (Wildman–Crippen MR) is 60.4 cm³/mol. The summed E-state index contributed by atoms with van der Waals surface area (Å²) in [6, 6.07) is 0. The molecule has 1 heterocycles. The molecule has 2 nitrogen and oxygen atoms in total. The quantitative estimate of drug-likeness (QED) is 0.682. The lowest BCUT2D eigenvalue weighted by Gasteiger charge is -2.32. The van der Waals surface area contributed by atoms with Gasteiger partial charge in [0.2, 0.25) is 0 Å². The molecule has 1 fully saturated rings. The van der Waals surface area contributed by atoms with Gasteiger partial charge in [-0.1, -0.05) is 13.0 Å². The molecule has 1 aliphatic rings. The van der Waals surface area contributed by atoms with Crippen LogP contribution in [0.15, 0.2) is 12.7 Å². The molecule has 1 rings (SSSR count). The molecule has 1 N–H and O–H groups in total. The Bertz CT molecular complexity index is 175. The van der Waals surface area contributed by atoms with E-state index in [1.807, 2.05) is 7.05 Å². The Labute approximate surface area is 87.7 Å². The third-order valence-corrected chi connectivity index (χ3v) is 3.17. The summed E-state index contributed by atoms with van der Waals surface area (Å²) in [6.07, 6.45) is 5.76. The number of nitrogens with one attached hydrogen (secondary N) is 1. The van der Waals surface area contributed by atoms with Crippen LogP contribution in [0.25, 0.3) is 0 Å². The van der Waals surface area contributed by atoms with Crippen LogP contribution < -0.4 is 5.32 Å². The summed E-state index contributed by atoms with van der Waals surface area (Å²) < 4.78 is 5.37. The topological polar surface area (TPSA) is 21.3 Å². The van der Waals surface area contributed by atoms with E-state index in [1.54, 1.807) is 0 Å². The molecule has 82 valence electrons. The first kappa shape index (κ1) is 11.7. The lowest BCUT2D eigenvalue weighted by Crippen LogP contribution is -2.31. The average molecular weight is 197 g/mol. The maximum absolute atomic E-state index is 5.37. The Balaban J connectivity index is 2.41. The third kappa shape index (κ3) is 3.43. The van der Waals surface area contributed by atoms with Crippen molar-refractivity contribution in [1.82, 2.24) is 5.32 Å². The zero-order valence-electron chi connectivity index (χ0n) is 9.51. The van der Waals surface area contributed by atoms with Gasteiger partial charge in [0.1, 0.15) is 0 Å². The molecule has 1 aliphatic heterocycles. The van der Waals surface area contributed by atoms with Crippen molar-refractivity contribution < 1.29 is 4.74 Å². The molecule has 0 amide bonds. The van der Waals surface area contributed by atoms with Crippen molar-refractivity contribution in [3.05, 3.63) is 12.7 Å². The molecule has 0 spiro atoms. The van der Waals surface area contributed by atoms with E-state index < -0.39 is 0 Å². The van der Waals surface area contributed by atoms with Crippen molar-refractivity contribution in [2.75, 3.05) is 26.8 Å². The van der Waals surface area contributed by atoms with Crippen molar-refractivity contribution in [2.24, 2.45) is 11.3 Å². The lowest BCUT2D eigenvalue weighted by molar-refractivity contribution is 0.0543. The molecule has 0 aromatic heterocycles. The van der Waals surface area contributed by atoms with E-state index in [9.17, 15) is 0 Å². The molecule has 0 radical (unpaired) electrons. The lowest BCUT2D eigenvalue weighted by atomic mass is 9.78. The van der Waals surface area contributed by atoms with Gasteiger partial charge in [-0.3, -0.25) is 0 Å². The SMILES string of the molecule is C=CC(C)(CNC)CC1CCOCC1. The molecule has 1 saturated heterocycles. The predicted octanol–water partition coefficient (Wildman–Crippen LogP) is 2.21. The van der Waals surface area contributed by atoms with Gasteiger partial charge in [-0.2, -0.15) is 0 Å². The molecule has 0 aromatic carbocycles. The van der Waals surface area contributed by atoms with Gasteiger partial charge < -0.3 is 10.1 Å². The minimum Gasteiger partial charge on any atom is -0.381 e. The fourth-order valence-corrected chi connectivity index (χ4v) is 2.24. The molecular weight excluding hydrogens is 174 g/mol. The van der Waals surface area contributed by atoms with Gasteiger partial charge >= 0.3 is 0 Å². The van der Waals surface area contributed by atoms with Crippen LogP contribution in [0.2, 0.25) is 0 Å². The fourth-order valence-electron chi connectivity index (χ4n) is 2.24. The summed E-state index contributed by atoms with van der Waals surface area (Å²) >= 11 is 0. The summed E-state index contributed by atoms with van der Waals surface area (Å²) in [7, 11) is 2.01. The Hall–Kier alpha value is -0.340. The summed E-state index contributed by atoms with van der Waals surface area (Å²) in [5.41, 5.74) is 0.247. The summed E-state index contributed by atoms with van der Waals surface area (Å²) in [6.45, 7) is 9.13. The molecule has 1 unspecified atom stereocenters. The van der Waals surface area contributed by atoms with Crippen LogP contribution in [0.1, 0.15) is 26.2 Å². The molecule has 1 atom stereocenters. The largest absolute Gasteiger partial charge is 0.381 e. The molecule has 2 heteroatoms. The van der Waals surface area contributed by atoms with Crippen LogP contribution in [-0.4, -0.2) is 26.8 Å². The minimum atomic E-state index is 0.247. The second-order valence-electron chi connectivity index (χ2n) is 4.65. The van der Waals surface area contributed by atoms with Crippen LogP contribution in [0.5, 0.6) is 0 Å². The first-order valence-electron chi connectivity index (χ1n) is 5.56. The average Bonchev–Trinajstić information content (AvgIpc) is 2.20. The highest BCUT2D eigenvalue weighted by molar-refractivity contribution is 4.94. The summed E-state index contributed by atoms with van der Waals surface area (Å²) in [5.74, 6) is 0.820. The van der Waals surface area contributed by atoms with Gasteiger partial charge in [-0.15, -0.1) is 6.58 Å². The smallest absolute Gasteiger partial charge is 0.0468 e. The Kier molecular flexibility index (Phi) is 4.63. The maximum Gasteiger partial charge on any atom is 0.0468 e. The van der Waals surface area contributed by atoms with Crippen LogP contribution in [0.3, 0.4) is 0 Å². The standard InChI is InChI=1S/C12H23NO/c1-4-12(2,10-13-3)9-11-5-7-14-8-6-11/h4,11,13H,1,5-10H2,2-3H3. The van der Waals surface area contributed by atoms with Gasteiger partial charge in [-0.05, 0) is 37.6 Å². The maximum atomic E-state index is 5.37. The normalized spacial score (nSPS) is 23.0. The molecule has 0 aliphatic carbocycles. The Morgan fingerprint density at radius 1 is 1.50 bits per heavy atom. The molecule has 0 saturated carbocycles. The van der Waals surface area contributed by atoms with Crippen LogP contribution in [0.4, 0.5) is 0 Å². The highest BCUT2D eigenvalue weighted by atomic mass is 16.5. The van der Waals surface area contributed by atoms with Gasteiger partial charge in [-0.25, -0.2) is 0 Å². The van der Waals surface area contributed by atoms with Crippen molar-refractivity contribution >= 4 is 0 Å². The number of ether oxygens (including phenoxy) is 1. The first-order valence-corrected chi connectivity index (χ1v) is 5.56. The minimum absolute atomic E-state index is 0.247. The molecular formula is C12H23NO. The van der Waals surface area contributed by atoms with Crippen LogP contribution in [0, 0.1) is 11.3 Å². The van der Waals surface area contributed by atoms with E-state index in [0.29, 0.717) is 0 Å². The van der Waals surface area contributed by atoms with Crippen LogP contribution >= 0.6 is 0 Å². The highest BCUT2D eigenvalue weighted by Crippen LogP contribution is 2.31. The van der Waals surface area contributed by atoms with Crippen molar-refractivity contribution in [3.8, 4) is 0 Å². The van der Waals surface area contributed by atoms with Gasteiger partial charge in [0.15, 0.2) is 0 Å². The summed E-state index contributed by atoms with van der Waals surface area (Å²) in [5, 5.41) is 3.25. The molecule has 0 aromatic rings. The van der Waals surface area contributed by atoms with Gasteiger partial charge in [0, 0.05) is 19.8 Å². The molecule has 14 heavy (non-hydrogen) atoms. The zero-order chi connectivity index (χ0) is 10.4. The van der Waals surface area contributed by atoms with Gasteiger partial charge in [0.05, 0.1) is 0 Å². The number of hydrogen-bond acceptors (Lipinski definition) is 2. The highest BCUT2D eigenvalue weighted by Gasteiger charge is 2.25. The summed E-state index contributed by atoms with van der Waals surface area (Å²) in [4.78, 5) is 0. The van der Waals surface area contributed by atoms with Crippen molar-refractivity contribution in [2.45, 2.75) is 26.2 Å². The van der Waals surface area contributed by atoms with Crippen molar-refractivity contribution in [1.29, 1.82) is 0 Å². The van der Waals surface area contributed by atoms with E-state index in [1.165, 1.54) is 19.3 Å². The van der Waals surface area contributed by atoms with E-state index in [-0.39, 0.29) is 5.41 Å². The molecule has 0 bridgehead atoms. The second-order valence-corrected chi connectivity index (χ2v) is 4.65. The van der Waals surface area contributed by atoms with E-state index in [4.69, 9.17) is 4.74 Å². The third-order valence-electron chi connectivity index (χ3n) is 3.17. The van der Waals surface area contributed by atoms with Crippen molar-refractivity contribution in [3.63, 3.8) is 0 Å². The first-order chi connectivity index (χ1) is 6.70. The number of hydrogen-bond donors (Lipinski definition) is 1. The number of rotatable bonds is 5. The monoisotopic (exact) mass is 197 g/mol. The fraction of sp³-hybridized carbons (Fsp3) is 0.833. The van der Waals surface area contributed by atoms with E-state index in [2.05, 4.69) is 24.9 Å². The zero-order valence-corrected chi connectivity index (χ0v) is 9.51. The Morgan fingerprint density at radius 3 is 2.64 bits per heavy atom. The Morgan fingerprint density at radius 2 is 2.14 bits per heavy atom. The van der Waals surface area contributed by atoms with Crippen LogP contribution in [-0.2, 0) is 4.74 Å². The van der Waals surface area contributed by atoms with E-state index >= 15 is 0 Å². The second kappa shape index (κ2) is 5.52.